The summed E-state index contributed by atoms with van der Waals surface area (Å²) < 4.78 is 0. The lowest BCUT2D eigenvalue weighted by Crippen LogP contribution is -2.45. The number of carbonyl (C=O) groups excluding carboxylic acids is 1. The van der Waals surface area contributed by atoms with Crippen LogP contribution in [0.1, 0.15) is 51.4 Å². The molecule has 0 saturated carbocycles. The van der Waals surface area contributed by atoms with E-state index in [9.17, 15) is 4.79 Å². The molecule has 0 bridgehead atoms. The highest BCUT2D eigenvalue weighted by atomic mass is 16.2. The van der Waals surface area contributed by atoms with Gasteiger partial charge >= 0.3 is 6.03 Å². The molecule has 23 heavy (non-hydrogen) atoms. The number of hydrogen-bond donors (Lipinski definition) is 2. The Hall–Kier alpha value is -1.97. The number of hydrogen-bond acceptors (Lipinski definition) is 1. The molecule has 0 spiro atoms. The van der Waals surface area contributed by atoms with Crippen molar-refractivity contribution in [3.8, 4) is 0 Å². The molecule has 1 aromatic heterocycles. The molecule has 3 rings (SSSR count). The van der Waals surface area contributed by atoms with E-state index >= 15 is 0 Å². The molecule has 2 N–H and O–H groups in total. The maximum Gasteiger partial charge on any atom is 0.317 e. The first-order valence-corrected chi connectivity index (χ1v) is 8.45. The maximum absolute atomic E-state index is 12.3. The van der Waals surface area contributed by atoms with Crippen molar-refractivity contribution < 1.29 is 4.79 Å². The van der Waals surface area contributed by atoms with Gasteiger partial charge in [0, 0.05) is 47.7 Å². The van der Waals surface area contributed by atoms with Gasteiger partial charge in [-0.3, -0.25) is 0 Å². The average Bonchev–Trinajstić information content (AvgIpc) is 2.82. The second-order valence-electron chi connectivity index (χ2n) is 7.87. The van der Waals surface area contributed by atoms with Crippen molar-refractivity contribution in [3.63, 3.8) is 0 Å². The van der Waals surface area contributed by atoms with E-state index in [2.05, 4.69) is 49.3 Å². The highest BCUT2D eigenvalue weighted by Gasteiger charge is 2.25. The van der Waals surface area contributed by atoms with Gasteiger partial charge < -0.3 is 15.2 Å². The minimum atomic E-state index is 0.0342. The third kappa shape index (κ3) is 3.07. The number of aromatic nitrogens is 1. The predicted molar refractivity (Wildman–Crippen MR) is 94.8 cm³/mol. The van der Waals surface area contributed by atoms with Crippen LogP contribution in [-0.2, 0) is 18.4 Å². The lowest BCUT2D eigenvalue weighted by molar-refractivity contribution is 0.190. The quantitative estimate of drug-likeness (QED) is 0.823. The molecule has 2 aromatic rings. The number of nitrogens with zero attached hydrogens (tertiary/aromatic N) is 1. The summed E-state index contributed by atoms with van der Waals surface area (Å²) in [6.45, 7) is 12.1. The molecule has 1 aliphatic rings. The monoisotopic (exact) mass is 313 g/mol. The molecule has 2 amide bonds. The van der Waals surface area contributed by atoms with Crippen LogP contribution in [0.25, 0.3) is 10.9 Å². The number of urea groups is 1. The first kappa shape index (κ1) is 15.9. The van der Waals surface area contributed by atoms with E-state index in [1.165, 1.54) is 27.7 Å². The van der Waals surface area contributed by atoms with Gasteiger partial charge in [-0.1, -0.05) is 26.8 Å². The minimum Gasteiger partial charge on any atom is -0.358 e. The summed E-state index contributed by atoms with van der Waals surface area (Å²) in [5.74, 6) is 0. The number of benzene rings is 1. The highest BCUT2D eigenvalue weighted by molar-refractivity contribution is 5.86. The van der Waals surface area contributed by atoms with Gasteiger partial charge in [-0.25, -0.2) is 4.79 Å². The molecule has 0 fully saturated rings. The van der Waals surface area contributed by atoms with E-state index < -0.39 is 0 Å². The number of rotatable bonds is 1. The van der Waals surface area contributed by atoms with Crippen LogP contribution in [0.3, 0.4) is 0 Å². The molecule has 1 aromatic carbocycles. The highest BCUT2D eigenvalue weighted by Crippen LogP contribution is 2.32. The summed E-state index contributed by atoms with van der Waals surface area (Å²) in [4.78, 5) is 17.8. The molecule has 0 saturated heterocycles. The van der Waals surface area contributed by atoms with E-state index in [0.29, 0.717) is 6.54 Å². The Morgan fingerprint density at radius 2 is 2.04 bits per heavy atom. The van der Waals surface area contributed by atoms with Crippen LogP contribution < -0.4 is 5.32 Å². The standard InChI is InChI=1S/C19H27N3O/c1-12(2)20-18(23)22-9-8-17-15(11-22)14-10-13(19(3,4)5)6-7-16(14)21-17/h6-7,10,12,21H,8-9,11H2,1-5H3,(H,20,23). The van der Waals surface area contributed by atoms with Crippen molar-refractivity contribution in [2.45, 2.75) is 59.0 Å². The van der Waals surface area contributed by atoms with Crippen LogP contribution in [0, 0.1) is 0 Å². The summed E-state index contributed by atoms with van der Waals surface area (Å²) in [7, 11) is 0. The number of carbonyl (C=O) groups is 1. The molecule has 0 atom stereocenters. The molecule has 4 heteroatoms. The molecule has 1 aliphatic heterocycles. The number of aromatic amines is 1. The van der Waals surface area contributed by atoms with Crippen molar-refractivity contribution in [1.82, 2.24) is 15.2 Å². The summed E-state index contributed by atoms with van der Waals surface area (Å²) in [6.07, 6.45) is 0.889. The molecular formula is C19H27N3O. The second-order valence-corrected chi connectivity index (χ2v) is 7.87. The first-order chi connectivity index (χ1) is 10.8. The van der Waals surface area contributed by atoms with Gasteiger partial charge in [-0.05, 0) is 37.0 Å². The lowest BCUT2D eigenvalue weighted by atomic mass is 9.86. The summed E-state index contributed by atoms with van der Waals surface area (Å²) >= 11 is 0. The van der Waals surface area contributed by atoms with Gasteiger partial charge in [0.25, 0.3) is 0 Å². The van der Waals surface area contributed by atoms with Crippen molar-refractivity contribution in [2.75, 3.05) is 6.54 Å². The zero-order valence-corrected chi connectivity index (χ0v) is 14.8. The van der Waals surface area contributed by atoms with Gasteiger partial charge in [-0.2, -0.15) is 0 Å². The Morgan fingerprint density at radius 3 is 2.70 bits per heavy atom. The van der Waals surface area contributed by atoms with Crippen LogP contribution in [0.4, 0.5) is 4.79 Å². The Bertz CT molecular complexity index is 737. The van der Waals surface area contributed by atoms with Crippen molar-refractivity contribution >= 4 is 16.9 Å². The van der Waals surface area contributed by atoms with Crippen LogP contribution in [0.2, 0.25) is 0 Å². The van der Waals surface area contributed by atoms with E-state index in [-0.39, 0.29) is 17.5 Å². The third-order valence-electron chi connectivity index (χ3n) is 4.54. The first-order valence-electron chi connectivity index (χ1n) is 8.45. The van der Waals surface area contributed by atoms with Gasteiger partial charge in [-0.15, -0.1) is 0 Å². The molecular weight excluding hydrogens is 286 g/mol. The minimum absolute atomic E-state index is 0.0342. The number of fused-ring (bicyclic) bond motifs is 3. The second kappa shape index (κ2) is 5.59. The zero-order chi connectivity index (χ0) is 16.8. The zero-order valence-electron chi connectivity index (χ0n) is 14.8. The van der Waals surface area contributed by atoms with E-state index in [4.69, 9.17) is 0 Å². The number of H-pyrrole nitrogens is 1. The van der Waals surface area contributed by atoms with Crippen LogP contribution in [0.5, 0.6) is 0 Å². The number of amides is 2. The molecule has 124 valence electrons. The smallest absolute Gasteiger partial charge is 0.317 e. The fraction of sp³-hybridized carbons (Fsp3) is 0.526. The predicted octanol–water partition coefficient (Wildman–Crippen LogP) is 3.94. The van der Waals surface area contributed by atoms with Crippen LogP contribution >= 0.6 is 0 Å². The Kier molecular flexibility index (Phi) is 3.86. The summed E-state index contributed by atoms with van der Waals surface area (Å²) in [5.41, 5.74) is 5.18. The average molecular weight is 313 g/mol. The summed E-state index contributed by atoms with van der Waals surface area (Å²) in [6, 6.07) is 6.86. The van der Waals surface area contributed by atoms with Crippen molar-refractivity contribution in [3.05, 3.63) is 35.0 Å². The molecule has 0 aliphatic carbocycles. The van der Waals surface area contributed by atoms with Gasteiger partial charge in [0.05, 0.1) is 0 Å². The fourth-order valence-corrected chi connectivity index (χ4v) is 3.19. The fourth-order valence-electron chi connectivity index (χ4n) is 3.19. The van der Waals surface area contributed by atoms with Crippen LogP contribution in [0.15, 0.2) is 18.2 Å². The molecule has 4 nitrogen and oxygen atoms in total. The molecule has 0 radical (unpaired) electrons. The Labute approximate surface area is 138 Å². The van der Waals surface area contributed by atoms with Crippen molar-refractivity contribution in [1.29, 1.82) is 0 Å². The summed E-state index contributed by atoms with van der Waals surface area (Å²) in [5, 5.41) is 4.25. The van der Waals surface area contributed by atoms with E-state index in [1.807, 2.05) is 18.7 Å². The van der Waals surface area contributed by atoms with Gasteiger partial charge in [0.1, 0.15) is 0 Å². The van der Waals surface area contributed by atoms with Crippen molar-refractivity contribution in [2.24, 2.45) is 0 Å². The van der Waals surface area contributed by atoms with Crippen LogP contribution in [-0.4, -0.2) is 28.5 Å². The lowest BCUT2D eigenvalue weighted by Gasteiger charge is -2.28. The largest absolute Gasteiger partial charge is 0.358 e. The van der Waals surface area contributed by atoms with Gasteiger partial charge in [0.2, 0.25) is 0 Å². The normalized spacial score (nSPS) is 15.1. The molecule has 0 unspecified atom stereocenters. The maximum atomic E-state index is 12.3. The Morgan fingerprint density at radius 1 is 1.30 bits per heavy atom. The van der Waals surface area contributed by atoms with Gasteiger partial charge in [0.15, 0.2) is 0 Å². The number of nitrogens with one attached hydrogen (secondary N) is 2. The SMILES string of the molecule is CC(C)NC(=O)N1CCc2[nH]c3ccc(C(C)(C)C)cc3c2C1. The molecule has 2 heterocycles. The topological polar surface area (TPSA) is 48.1 Å². The van der Waals surface area contributed by atoms with E-state index in [1.54, 1.807) is 0 Å². The van der Waals surface area contributed by atoms with E-state index in [0.717, 1.165) is 13.0 Å². The Balaban J connectivity index is 1.95. The third-order valence-corrected chi connectivity index (χ3v) is 4.54.